The molecule has 1 atom stereocenters. The lowest BCUT2D eigenvalue weighted by Crippen LogP contribution is -2.45. The number of hydrogen-bond donors (Lipinski definition) is 3. The summed E-state index contributed by atoms with van der Waals surface area (Å²) in [4.78, 5) is 27.0. The van der Waals surface area contributed by atoms with Gasteiger partial charge in [-0.1, -0.05) is 18.2 Å². The molecular formula is C18H15F2N3O2. The van der Waals surface area contributed by atoms with Crippen molar-refractivity contribution in [1.82, 2.24) is 10.3 Å². The van der Waals surface area contributed by atoms with Crippen molar-refractivity contribution in [2.45, 2.75) is 12.5 Å². The van der Waals surface area contributed by atoms with E-state index in [1.165, 1.54) is 0 Å². The van der Waals surface area contributed by atoms with Crippen molar-refractivity contribution < 1.29 is 18.4 Å². The van der Waals surface area contributed by atoms with Crippen LogP contribution in [0.2, 0.25) is 0 Å². The lowest BCUT2D eigenvalue weighted by atomic mass is 10.0. The van der Waals surface area contributed by atoms with Crippen LogP contribution in [-0.2, 0) is 11.2 Å². The van der Waals surface area contributed by atoms with E-state index < -0.39 is 29.5 Å². The molecule has 5 nitrogen and oxygen atoms in total. The normalized spacial score (nSPS) is 12.1. The number of aromatic amines is 1. The van der Waals surface area contributed by atoms with E-state index in [0.717, 1.165) is 28.6 Å². The predicted octanol–water partition coefficient (Wildman–Crippen LogP) is 2.27. The summed E-state index contributed by atoms with van der Waals surface area (Å²) in [6, 6.07) is 8.91. The number of H-pyrrole nitrogens is 1. The van der Waals surface area contributed by atoms with Gasteiger partial charge in [0.15, 0.2) is 0 Å². The van der Waals surface area contributed by atoms with Gasteiger partial charge in [-0.3, -0.25) is 9.59 Å². The van der Waals surface area contributed by atoms with Crippen LogP contribution in [0.5, 0.6) is 0 Å². The zero-order valence-electron chi connectivity index (χ0n) is 13.1. The fraction of sp³-hybridized carbons (Fsp3) is 0.111. The third kappa shape index (κ3) is 3.65. The Hall–Kier alpha value is -3.22. The number of carbonyl (C=O) groups excluding carboxylic acids is 2. The van der Waals surface area contributed by atoms with Crippen LogP contribution in [0.3, 0.4) is 0 Å². The van der Waals surface area contributed by atoms with Gasteiger partial charge in [-0.15, -0.1) is 0 Å². The van der Waals surface area contributed by atoms with E-state index in [0.29, 0.717) is 6.07 Å². The number of halogens is 2. The number of para-hydroxylation sites is 1. The number of hydrogen-bond acceptors (Lipinski definition) is 2. The Bertz CT molecular complexity index is 932. The molecule has 0 aliphatic rings. The second-order valence-corrected chi connectivity index (χ2v) is 5.65. The summed E-state index contributed by atoms with van der Waals surface area (Å²) in [5.74, 6) is -3.27. The molecule has 2 aromatic carbocycles. The van der Waals surface area contributed by atoms with Gasteiger partial charge in [-0.2, -0.15) is 0 Å². The maximum Gasteiger partial charge on any atom is 0.252 e. The van der Waals surface area contributed by atoms with E-state index in [4.69, 9.17) is 5.73 Å². The summed E-state index contributed by atoms with van der Waals surface area (Å²) in [7, 11) is 0. The fourth-order valence-electron chi connectivity index (χ4n) is 2.67. The highest BCUT2D eigenvalue weighted by molar-refractivity contribution is 5.97. The zero-order valence-corrected chi connectivity index (χ0v) is 13.1. The molecule has 1 aromatic heterocycles. The number of primary amides is 1. The lowest BCUT2D eigenvalue weighted by molar-refractivity contribution is -0.119. The number of rotatable bonds is 5. The van der Waals surface area contributed by atoms with Gasteiger partial charge in [0, 0.05) is 35.2 Å². The Morgan fingerprint density at radius 2 is 1.80 bits per heavy atom. The van der Waals surface area contributed by atoms with Crippen LogP contribution < -0.4 is 11.1 Å². The van der Waals surface area contributed by atoms with Crippen molar-refractivity contribution in [3.63, 3.8) is 0 Å². The van der Waals surface area contributed by atoms with E-state index in [9.17, 15) is 18.4 Å². The van der Waals surface area contributed by atoms with Gasteiger partial charge in [0.25, 0.3) is 5.91 Å². The number of nitrogens with one attached hydrogen (secondary N) is 2. The quantitative estimate of drug-likeness (QED) is 0.664. The third-order valence-electron chi connectivity index (χ3n) is 3.87. The van der Waals surface area contributed by atoms with E-state index in [1.807, 2.05) is 24.3 Å². The molecule has 0 unspecified atom stereocenters. The molecule has 4 N–H and O–H groups in total. The molecule has 0 aliphatic carbocycles. The van der Waals surface area contributed by atoms with Gasteiger partial charge >= 0.3 is 0 Å². The lowest BCUT2D eigenvalue weighted by Gasteiger charge is -2.15. The van der Waals surface area contributed by atoms with E-state index in [-0.39, 0.29) is 12.0 Å². The maximum absolute atomic E-state index is 13.2. The molecular weight excluding hydrogens is 328 g/mol. The van der Waals surface area contributed by atoms with Gasteiger partial charge < -0.3 is 16.0 Å². The standard InChI is InChI=1S/C18H15F2N3O2/c19-12-5-10(6-13(20)8-12)18(25)23-16(17(21)24)7-11-9-22-15-4-2-1-3-14(11)15/h1-6,8-9,16,22H,7H2,(H2,21,24)(H,23,25)/t16-/m1/s1. The second kappa shape index (κ2) is 6.72. The van der Waals surface area contributed by atoms with Crippen molar-refractivity contribution >= 4 is 22.7 Å². The van der Waals surface area contributed by atoms with Crippen LogP contribution >= 0.6 is 0 Å². The first-order valence-corrected chi connectivity index (χ1v) is 7.55. The molecule has 0 radical (unpaired) electrons. The predicted molar refractivity (Wildman–Crippen MR) is 88.8 cm³/mol. The van der Waals surface area contributed by atoms with E-state index in [1.54, 1.807) is 6.20 Å². The molecule has 128 valence electrons. The van der Waals surface area contributed by atoms with Gasteiger partial charge in [-0.25, -0.2) is 8.78 Å². The monoisotopic (exact) mass is 343 g/mol. The number of aromatic nitrogens is 1. The molecule has 7 heteroatoms. The van der Waals surface area contributed by atoms with Crippen molar-refractivity contribution in [3.8, 4) is 0 Å². The molecule has 25 heavy (non-hydrogen) atoms. The van der Waals surface area contributed by atoms with Crippen LogP contribution in [0.15, 0.2) is 48.7 Å². The van der Waals surface area contributed by atoms with Crippen LogP contribution in [0.25, 0.3) is 10.9 Å². The number of amides is 2. The van der Waals surface area contributed by atoms with Crippen LogP contribution in [-0.4, -0.2) is 22.8 Å². The van der Waals surface area contributed by atoms with Gasteiger partial charge in [-0.05, 0) is 23.8 Å². The summed E-state index contributed by atoms with van der Waals surface area (Å²) in [6.45, 7) is 0. The van der Waals surface area contributed by atoms with Crippen LogP contribution in [0.4, 0.5) is 8.78 Å². The molecule has 0 spiro atoms. The van der Waals surface area contributed by atoms with Gasteiger partial charge in [0.1, 0.15) is 17.7 Å². The first-order chi connectivity index (χ1) is 11.9. The molecule has 0 saturated carbocycles. The summed E-state index contributed by atoms with van der Waals surface area (Å²) in [5, 5.41) is 3.33. The third-order valence-corrected chi connectivity index (χ3v) is 3.87. The Kier molecular flexibility index (Phi) is 4.47. The van der Waals surface area contributed by atoms with Crippen molar-refractivity contribution in [2.75, 3.05) is 0 Å². The second-order valence-electron chi connectivity index (χ2n) is 5.65. The summed E-state index contributed by atoms with van der Waals surface area (Å²) < 4.78 is 26.5. The number of carbonyl (C=O) groups is 2. The van der Waals surface area contributed by atoms with E-state index >= 15 is 0 Å². The van der Waals surface area contributed by atoms with E-state index in [2.05, 4.69) is 10.3 Å². The minimum Gasteiger partial charge on any atom is -0.368 e. The molecule has 2 amide bonds. The van der Waals surface area contributed by atoms with Crippen LogP contribution in [0, 0.1) is 11.6 Å². The highest BCUT2D eigenvalue weighted by Gasteiger charge is 2.21. The van der Waals surface area contributed by atoms with Crippen LogP contribution in [0.1, 0.15) is 15.9 Å². The number of nitrogens with two attached hydrogens (primary N) is 1. The first kappa shape index (κ1) is 16.6. The largest absolute Gasteiger partial charge is 0.368 e. The van der Waals surface area contributed by atoms with Gasteiger partial charge in [0.2, 0.25) is 5.91 Å². The molecule has 0 fully saturated rings. The average Bonchev–Trinajstić information content (AvgIpc) is 2.96. The zero-order chi connectivity index (χ0) is 18.0. The Labute approximate surface area is 141 Å². The SMILES string of the molecule is NC(=O)[C@@H](Cc1c[nH]c2ccccc12)NC(=O)c1cc(F)cc(F)c1. The highest BCUT2D eigenvalue weighted by atomic mass is 19.1. The minimum absolute atomic E-state index is 0.156. The molecule has 0 bridgehead atoms. The smallest absolute Gasteiger partial charge is 0.252 e. The molecule has 3 rings (SSSR count). The van der Waals surface area contributed by atoms with Crippen molar-refractivity contribution in [3.05, 3.63) is 71.4 Å². The summed E-state index contributed by atoms with van der Waals surface area (Å²) in [5.41, 5.74) is 6.84. The van der Waals surface area contributed by atoms with Gasteiger partial charge in [0.05, 0.1) is 0 Å². The highest BCUT2D eigenvalue weighted by Crippen LogP contribution is 2.19. The fourth-order valence-corrected chi connectivity index (χ4v) is 2.67. The first-order valence-electron chi connectivity index (χ1n) is 7.55. The molecule has 0 saturated heterocycles. The summed E-state index contributed by atoms with van der Waals surface area (Å²) in [6.07, 6.45) is 1.89. The minimum atomic E-state index is -1.02. The van der Waals surface area contributed by atoms with Crippen molar-refractivity contribution in [2.24, 2.45) is 5.73 Å². The number of benzene rings is 2. The Morgan fingerprint density at radius 3 is 2.48 bits per heavy atom. The number of fused-ring (bicyclic) bond motifs is 1. The Morgan fingerprint density at radius 1 is 1.12 bits per heavy atom. The summed E-state index contributed by atoms with van der Waals surface area (Å²) >= 11 is 0. The van der Waals surface area contributed by atoms with Crippen molar-refractivity contribution in [1.29, 1.82) is 0 Å². The maximum atomic E-state index is 13.2. The topological polar surface area (TPSA) is 88.0 Å². The molecule has 3 aromatic rings. The average molecular weight is 343 g/mol. The molecule has 1 heterocycles. The Balaban J connectivity index is 1.82. The molecule has 0 aliphatic heterocycles.